The van der Waals surface area contributed by atoms with Gasteiger partial charge in [-0.25, -0.2) is 0 Å². The van der Waals surface area contributed by atoms with E-state index in [9.17, 15) is 10.2 Å². The Kier molecular flexibility index (Phi) is 2.84. The summed E-state index contributed by atoms with van der Waals surface area (Å²) in [5.74, 6) is 0. The van der Waals surface area contributed by atoms with Crippen molar-refractivity contribution >= 4 is 0 Å². The van der Waals surface area contributed by atoms with Crippen LogP contribution in [0.3, 0.4) is 0 Å². The number of piperidine rings is 1. The summed E-state index contributed by atoms with van der Waals surface area (Å²) in [6.07, 6.45) is -0.793. The predicted octanol–water partition coefficient (Wildman–Crippen LogP) is -1.55. The zero-order valence-electron chi connectivity index (χ0n) is 6.57. The number of aliphatic hydroxyl groups is 3. The Morgan fingerprint density at radius 3 is 2.55 bits per heavy atom. The van der Waals surface area contributed by atoms with Crippen LogP contribution in [0.1, 0.15) is 13.3 Å². The Hall–Kier alpha value is -0.160. The second-order valence-electron chi connectivity index (χ2n) is 3.11. The first-order valence-corrected chi connectivity index (χ1v) is 3.88. The highest BCUT2D eigenvalue weighted by Gasteiger charge is 2.31. The SMILES string of the molecule is CC1NC(CO)C(O)CC1O. The van der Waals surface area contributed by atoms with E-state index in [1.807, 2.05) is 6.92 Å². The van der Waals surface area contributed by atoms with E-state index in [0.717, 1.165) is 0 Å². The third-order valence-electron chi connectivity index (χ3n) is 2.20. The highest BCUT2D eigenvalue weighted by atomic mass is 16.3. The fraction of sp³-hybridized carbons (Fsp3) is 1.00. The minimum Gasteiger partial charge on any atom is -0.395 e. The smallest absolute Gasteiger partial charge is 0.0740 e. The van der Waals surface area contributed by atoms with E-state index in [-0.39, 0.29) is 18.7 Å². The molecule has 4 nitrogen and oxygen atoms in total. The van der Waals surface area contributed by atoms with Crippen molar-refractivity contribution in [2.45, 2.75) is 37.6 Å². The molecule has 1 saturated heterocycles. The quantitative estimate of drug-likeness (QED) is 0.376. The van der Waals surface area contributed by atoms with Gasteiger partial charge in [0.25, 0.3) is 0 Å². The van der Waals surface area contributed by atoms with Gasteiger partial charge in [-0.15, -0.1) is 0 Å². The maximum Gasteiger partial charge on any atom is 0.0740 e. The summed E-state index contributed by atoms with van der Waals surface area (Å²) in [5.41, 5.74) is 0. The van der Waals surface area contributed by atoms with Gasteiger partial charge < -0.3 is 20.6 Å². The first-order chi connectivity index (χ1) is 5.15. The van der Waals surface area contributed by atoms with E-state index in [1.54, 1.807) is 0 Å². The van der Waals surface area contributed by atoms with Crippen molar-refractivity contribution in [3.63, 3.8) is 0 Å². The monoisotopic (exact) mass is 161 g/mol. The molecule has 0 aromatic heterocycles. The van der Waals surface area contributed by atoms with Crippen LogP contribution in [0.5, 0.6) is 0 Å². The van der Waals surface area contributed by atoms with Crippen molar-refractivity contribution in [2.24, 2.45) is 0 Å². The molecule has 1 rings (SSSR count). The Labute approximate surface area is 65.9 Å². The summed E-state index contributed by atoms with van der Waals surface area (Å²) in [6.45, 7) is 1.75. The third-order valence-corrected chi connectivity index (χ3v) is 2.20. The second kappa shape index (κ2) is 3.49. The van der Waals surface area contributed by atoms with Gasteiger partial charge in [0, 0.05) is 12.5 Å². The van der Waals surface area contributed by atoms with Crippen LogP contribution >= 0.6 is 0 Å². The maximum absolute atomic E-state index is 9.27. The number of hydrogen-bond donors (Lipinski definition) is 4. The van der Waals surface area contributed by atoms with Crippen molar-refractivity contribution in [1.29, 1.82) is 0 Å². The van der Waals surface area contributed by atoms with Crippen molar-refractivity contribution in [2.75, 3.05) is 6.61 Å². The highest BCUT2D eigenvalue weighted by Crippen LogP contribution is 2.13. The lowest BCUT2D eigenvalue weighted by Gasteiger charge is -2.35. The lowest BCUT2D eigenvalue weighted by Crippen LogP contribution is -2.57. The van der Waals surface area contributed by atoms with Crippen LogP contribution in [-0.2, 0) is 0 Å². The molecule has 66 valence electrons. The number of nitrogens with one attached hydrogen (secondary N) is 1. The average molecular weight is 161 g/mol. The zero-order chi connectivity index (χ0) is 8.43. The summed E-state index contributed by atoms with van der Waals surface area (Å²) in [5, 5.41) is 30.2. The van der Waals surface area contributed by atoms with E-state index in [0.29, 0.717) is 6.42 Å². The molecule has 4 unspecified atom stereocenters. The second-order valence-corrected chi connectivity index (χ2v) is 3.11. The first-order valence-electron chi connectivity index (χ1n) is 3.88. The number of aliphatic hydroxyl groups excluding tert-OH is 3. The van der Waals surface area contributed by atoms with Crippen molar-refractivity contribution in [3.8, 4) is 0 Å². The van der Waals surface area contributed by atoms with Crippen LogP contribution in [0.4, 0.5) is 0 Å². The third kappa shape index (κ3) is 1.90. The van der Waals surface area contributed by atoms with Gasteiger partial charge in [-0.3, -0.25) is 0 Å². The van der Waals surface area contributed by atoms with Crippen LogP contribution in [-0.4, -0.2) is 46.2 Å². The van der Waals surface area contributed by atoms with Crippen molar-refractivity contribution < 1.29 is 15.3 Å². The molecule has 4 N–H and O–H groups in total. The lowest BCUT2D eigenvalue weighted by molar-refractivity contribution is -0.0151. The molecule has 0 bridgehead atoms. The summed E-state index contributed by atoms with van der Waals surface area (Å²) >= 11 is 0. The van der Waals surface area contributed by atoms with Gasteiger partial charge in [0.1, 0.15) is 0 Å². The largest absolute Gasteiger partial charge is 0.395 e. The van der Waals surface area contributed by atoms with Gasteiger partial charge in [0.2, 0.25) is 0 Å². The van der Waals surface area contributed by atoms with Crippen LogP contribution in [0.15, 0.2) is 0 Å². The molecule has 4 atom stereocenters. The Balaban J connectivity index is 2.48. The van der Waals surface area contributed by atoms with Crippen LogP contribution in [0.25, 0.3) is 0 Å². The Morgan fingerprint density at radius 2 is 2.00 bits per heavy atom. The van der Waals surface area contributed by atoms with Crippen molar-refractivity contribution in [3.05, 3.63) is 0 Å². The van der Waals surface area contributed by atoms with E-state index < -0.39 is 12.2 Å². The fourth-order valence-corrected chi connectivity index (χ4v) is 1.35. The molecular formula is C7H15NO3. The molecule has 1 heterocycles. The van der Waals surface area contributed by atoms with Gasteiger partial charge in [-0.05, 0) is 6.92 Å². The van der Waals surface area contributed by atoms with E-state index in [2.05, 4.69) is 5.32 Å². The predicted molar refractivity (Wildman–Crippen MR) is 40.1 cm³/mol. The minimum atomic E-state index is -0.633. The van der Waals surface area contributed by atoms with Gasteiger partial charge in [-0.1, -0.05) is 0 Å². The normalized spacial score (nSPS) is 45.8. The Morgan fingerprint density at radius 1 is 1.36 bits per heavy atom. The molecule has 1 fully saturated rings. The van der Waals surface area contributed by atoms with Gasteiger partial charge >= 0.3 is 0 Å². The molecule has 0 spiro atoms. The molecule has 4 heteroatoms. The zero-order valence-corrected chi connectivity index (χ0v) is 6.57. The average Bonchev–Trinajstić information content (AvgIpc) is 1.97. The minimum absolute atomic E-state index is 0.0458. The summed E-state index contributed by atoms with van der Waals surface area (Å²) < 4.78 is 0. The first kappa shape index (κ1) is 8.93. The summed E-state index contributed by atoms with van der Waals surface area (Å²) in [4.78, 5) is 0. The Bertz CT molecular complexity index is 131. The highest BCUT2D eigenvalue weighted by molar-refractivity contribution is 4.89. The van der Waals surface area contributed by atoms with Crippen LogP contribution in [0, 0.1) is 0 Å². The summed E-state index contributed by atoms with van der Waals surface area (Å²) in [7, 11) is 0. The van der Waals surface area contributed by atoms with Crippen LogP contribution < -0.4 is 5.32 Å². The molecular weight excluding hydrogens is 146 g/mol. The van der Waals surface area contributed by atoms with E-state index in [1.165, 1.54) is 0 Å². The molecule has 1 aliphatic rings. The molecule has 11 heavy (non-hydrogen) atoms. The summed E-state index contributed by atoms with van der Waals surface area (Å²) in [6, 6.07) is -0.330. The standard InChI is InChI=1S/C7H15NO3/c1-4-6(10)2-7(11)5(3-9)8-4/h4-11H,2-3H2,1H3. The van der Waals surface area contributed by atoms with E-state index >= 15 is 0 Å². The molecule has 1 aliphatic heterocycles. The van der Waals surface area contributed by atoms with Gasteiger partial charge in [-0.2, -0.15) is 0 Å². The molecule has 0 aliphatic carbocycles. The molecule has 0 aromatic carbocycles. The van der Waals surface area contributed by atoms with Crippen molar-refractivity contribution in [1.82, 2.24) is 5.32 Å². The number of rotatable bonds is 1. The van der Waals surface area contributed by atoms with Crippen LogP contribution in [0.2, 0.25) is 0 Å². The van der Waals surface area contributed by atoms with Gasteiger partial charge in [0.05, 0.1) is 24.9 Å². The van der Waals surface area contributed by atoms with Gasteiger partial charge in [0.15, 0.2) is 0 Å². The molecule has 0 aromatic rings. The molecule has 0 amide bonds. The topological polar surface area (TPSA) is 72.7 Å². The fourth-order valence-electron chi connectivity index (χ4n) is 1.35. The van der Waals surface area contributed by atoms with E-state index in [4.69, 9.17) is 5.11 Å². The maximum atomic E-state index is 9.27. The molecule has 0 radical (unpaired) electrons. The number of hydrogen-bond acceptors (Lipinski definition) is 4. The molecule has 0 saturated carbocycles. The lowest BCUT2D eigenvalue weighted by atomic mass is 9.94.